The average molecular weight is 313 g/mol. The maximum Gasteiger partial charge on any atom is 0.304 e. The van der Waals surface area contributed by atoms with Gasteiger partial charge in [0.25, 0.3) is 0 Å². The van der Waals surface area contributed by atoms with Gasteiger partial charge in [-0.3, -0.25) is 4.79 Å². The summed E-state index contributed by atoms with van der Waals surface area (Å²) in [5.74, 6) is -7.50. The van der Waals surface area contributed by atoms with Crippen molar-refractivity contribution in [3.63, 3.8) is 0 Å². The summed E-state index contributed by atoms with van der Waals surface area (Å²) in [5, 5.41) is 10.4. The van der Waals surface area contributed by atoms with E-state index >= 15 is 0 Å². The quantitative estimate of drug-likeness (QED) is 0.387. The summed E-state index contributed by atoms with van der Waals surface area (Å²) in [5.41, 5.74) is -0.910. The van der Waals surface area contributed by atoms with Crippen molar-refractivity contribution in [1.82, 2.24) is 0 Å². The second-order valence-electron chi connectivity index (χ2n) is 3.25. The summed E-state index contributed by atoms with van der Waals surface area (Å²) in [6.07, 6.45) is -0.199. The Morgan fingerprint density at radius 1 is 1.26 bits per heavy atom. The number of thioether (sulfide) groups is 1. The predicted molar refractivity (Wildman–Crippen MR) is 67.2 cm³/mol. The highest BCUT2D eigenvalue weighted by atomic mass is 32.2. The number of thiocarbonyl (C=S) groups is 1. The lowest BCUT2D eigenvalue weighted by Gasteiger charge is -2.10. The standard InChI is InChI=1S/C10H7F4NO2S2/c11-4-3-5(12)9(8(14)7(4)13)15-10(18)19-2-1-6(16)17/h3H,1-2H2,(H,15,18)(H,16,17). The van der Waals surface area contributed by atoms with E-state index in [2.05, 4.69) is 5.32 Å². The smallest absolute Gasteiger partial charge is 0.304 e. The molecule has 0 atom stereocenters. The largest absolute Gasteiger partial charge is 0.481 e. The molecule has 2 N–H and O–H groups in total. The van der Waals surface area contributed by atoms with Gasteiger partial charge in [0.15, 0.2) is 23.3 Å². The number of carboxylic acids is 1. The fourth-order valence-electron chi connectivity index (χ4n) is 1.05. The molecule has 1 rings (SSSR count). The van der Waals surface area contributed by atoms with E-state index in [0.717, 1.165) is 11.8 Å². The molecule has 0 saturated carbocycles. The van der Waals surface area contributed by atoms with Crippen LogP contribution < -0.4 is 5.32 Å². The van der Waals surface area contributed by atoms with Crippen molar-refractivity contribution in [2.75, 3.05) is 11.1 Å². The number of nitrogens with one attached hydrogen (secondary N) is 1. The van der Waals surface area contributed by atoms with Crippen LogP contribution in [0.3, 0.4) is 0 Å². The first-order valence-electron chi connectivity index (χ1n) is 4.81. The van der Waals surface area contributed by atoms with Crippen LogP contribution in [0.25, 0.3) is 0 Å². The molecule has 0 saturated heterocycles. The zero-order valence-electron chi connectivity index (χ0n) is 9.18. The Hall–Kier alpha value is -1.35. The normalized spacial score (nSPS) is 10.3. The van der Waals surface area contributed by atoms with Crippen LogP contribution in [-0.2, 0) is 4.79 Å². The lowest BCUT2D eigenvalue weighted by Crippen LogP contribution is -2.11. The summed E-state index contributed by atoms with van der Waals surface area (Å²) in [4.78, 5) is 10.2. The van der Waals surface area contributed by atoms with Gasteiger partial charge >= 0.3 is 5.97 Å². The molecular formula is C10H7F4NO2S2. The topological polar surface area (TPSA) is 49.3 Å². The van der Waals surface area contributed by atoms with E-state index in [9.17, 15) is 22.4 Å². The van der Waals surface area contributed by atoms with E-state index in [1.165, 1.54) is 0 Å². The highest BCUT2D eigenvalue weighted by Gasteiger charge is 2.19. The number of carboxylic acid groups (broad SMARTS) is 1. The molecule has 0 unspecified atom stereocenters. The van der Waals surface area contributed by atoms with E-state index in [-0.39, 0.29) is 22.6 Å². The minimum atomic E-state index is -1.82. The summed E-state index contributed by atoms with van der Waals surface area (Å²) >= 11 is 5.51. The minimum Gasteiger partial charge on any atom is -0.481 e. The van der Waals surface area contributed by atoms with E-state index in [1.807, 2.05) is 0 Å². The van der Waals surface area contributed by atoms with E-state index in [1.54, 1.807) is 0 Å². The molecule has 3 nitrogen and oxygen atoms in total. The third kappa shape index (κ3) is 4.35. The summed E-state index contributed by atoms with van der Waals surface area (Å²) in [6.45, 7) is 0. The third-order valence-corrected chi connectivity index (χ3v) is 3.12. The molecule has 0 radical (unpaired) electrons. The van der Waals surface area contributed by atoms with Crippen molar-refractivity contribution in [2.45, 2.75) is 6.42 Å². The van der Waals surface area contributed by atoms with Crippen LogP contribution in [0, 0.1) is 23.3 Å². The molecule has 0 aliphatic carbocycles. The Bertz CT molecular complexity index is 525. The molecule has 0 spiro atoms. The van der Waals surface area contributed by atoms with Gasteiger partial charge in [0, 0.05) is 11.8 Å². The predicted octanol–water partition coefficient (Wildman–Crippen LogP) is 3.15. The molecule has 0 bridgehead atoms. The molecule has 0 aromatic heterocycles. The van der Waals surface area contributed by atoms with Crippen molar-refractivity contribution < 1.29 is 27.5 Å². The van der Waals surface area contributed by atoms with Gasteiger partial charge in [-0.2, -0.15) is 0 Å². The number of rotatable bonds is 4. The van der Waals surface area contributed by atoms with Gasteiger partial charge in [0.05, 0.1) is 6.42 Å². The van der Waals surface area contributed by atoms with E-state index in [4.69, 9.17) is 17.3 Å². The molecule has 1 aromatic carbocycles. The van der Waals surface area contributed by atoms with Gasteiger partial charge in [-0.15, -0.1) is 0 Å². The molecular weight excluding hydrogens is 306 g/mol. The van der Waals surface area contributed by atoms with Gasteiger partial charge in [-0.1, -0.05) is 24.0 Å². The molecule has 19 heavy (non-hydrogen) atoms. The van der Waals surface area contributed by atoms with Crippen molar-refractivity contribution in [3.8, 4) is 0 Å². The zero-order chi connectivity index (χ0) is 14.6. The average Bonchev–Trinajstić information content (AvgIpc) is 2.31. The molecule has 0 heterocycles. The number of hydrogen-bond donors (Lipinski definition) is 2. The molecule has 0 aliphatic rings. The first kappa shape index (κ1) is 15.7. The SMILES string of the molecule is O=C(O)CCSC(=S)Nc1c(F)cc(F)c(F)c1F. The Morgan fingerprint density at radius 3 is 2.47 bits per heavy atom. The Balaban J connectivity index is 2.74. The number of hydrogen-bond acceptors (Lipinski definition) is 3. The van der Waals surface area contributed by atoms with Crippen molar-refractivity contribution in [3.05, 3.63) is 29.3 Å². The van der Waals surface area contributed by atoms with Crippen molar-refractivity contribution >= 4 is 40.0 Å². The number of anilines is 1. The highest BCUT2D eigenvalue weighted by Crippen LogP contribution is 2.25. The maximum atomic E-state index is 13.3. The van der Waals surface area contributed by atoms with Crippen molar-refractivity contribution in [1.29, 1.82) is 0 Å². The van der Waals surface area contributed by atoms with Crippen molar-refractivity contribution in [2.24, 2.45) is 0 Å². The molecule has 0 fully saturated rings. The number of benzene rings is 1. The van der Waals surface area contributed by atoms with Crippen LogP contribution in [-0.4, -0.2) is 21.1 Å². The number of aliphatic carboxylic acids is 1. The monoisotopic (exact) mass is 313 g/mol. The van der Waals surface area contributed by atoms with Gasteiger partial charge in [0.1, 0.15) is 10.0 Å². The summed E-state index contributed by atoms with van der Waals surface area (Å²) in [7, 11) is 0. The molecule has 1 aromatic rings. The Morgan fingerprint density at radius 2 is 1.89 bits per heavy atom. The molecule has 104 valence electrons. The zero-order valence-corrected chi connectivity index (χ0v) is 10.8. The van der Waals surface area contributed by atoms with Crippen LogP contribution >= 0.6 is 24.0 Å². The van der Waals surface area contributed by atoms with Gasteiger partial charge in [-0.25, -0.2) is 17.6 Å². The maximum absolute atomic E-state index is 13.3. The third-order valence-electron chi connectivity index (χ3n) is 1.89. The number of halogens is 4. The second-order valence-corrected chi connectivity index (χ2v) is 5.02. The highest BCUT2D eigenvalue weighted by molar-refractivity contribution is 8.23. The first-order valence-corrected chi connectivity index (χ1v) is 6.21. The molecule has 0 aliphatic heterocycles. The fraction of sp³-hybridized carbons (Fsp3) is 0.200. The van der Waals surface area contributed by atoms with Crippen LogP contribution in [0.2, 0.25) is 0 Å². The lowest BCUT2D eigenvalue weighted by atomic mass is 10.2. The van der Waals surface area contributed by atoms with Crippen LogP contribution in [0.4, 0.5) is 23.2 Å². The summed E-state index contributed by atoms with van der Waals surface area (Å²) < 4.78 is 51.9. The first-order chi connectivity index (χ1) is 8.82. The van der Waals surface area contributed by atoms with Gasteiger partial charge in [-0.05, 0) is 0 Å². The Kier molecular flexibility index (Phi) is 5.55. The van der Waals surface area contributed by atoms with E-state index < -0.39 is 34.9 Å². The summed E-state index contributed by atoms with van der Waals surface area (Å²) in [6, 6.07) is 0.186. The van der Waals surface area contributed by atoms with Crippen LogP contribution in [0.5, 0.6) is 0 Å². The molecule has 9 heteroatoms. The van der Waals surface area contributed by atoms with Gasteiger partial charge in [0.2, 0.25) is 0 Å². The lowest BCUT2D eigenvalue weighted by molar-refractivity contribution is -0.136. The second kappa shape index (κ2) is 6.71. The number of carbonyl (C=O) groups is 1. The van der Waals surface area contributed by atoms with Crippen LogP contribution in [0.15, 0.2) is 6.07 Å². The Labute approximate surface area is 115 Å². The van der Waals surface area contributed by atoms with Crippen LogP contribution in [0.1, 0.15) is 6.42 Å². The molecule has 0 amide bonds. The van der Waals surface area contributed by atoms with E-state index in [0.29, 0.717) is 0 Å². The fourth-order valence-corrected chi connectivity index (χ4v) is 2.04. The minimum absolute atomic E-state index is 0.0775. The van der Waals surface area contributed by atoms with Gasteiger partial charge < -0.3 is 10.4 Å².